The van der Waals surface area contributed by atoms with Gasteiger partial charge in [-0.25, -0.2) is 12.7 Å². The number of rotatable bonds is 5. The van der Waals surface area contributed by atoms with Crippen molar-refractivity contribution in [3.05, 3.63) is 0 Å². The third-order valence-electron chi connectivity index (χ3n) is 3.21. The molecule has 0 aromatic heterocycles. The second-order valence-corrected chi connectivity index (χ2v) is 8.05. The van der Waals surface area contributed by atoms with Gasteiger partial charge < -0.3 is 5.32 Å². The van der Waals surface area contributed by atoms with Crippen molar-refractivity contribution in [3.8, 4) is 0 Å². The van der Waals surface area contributed by atoms with Gasteiger partial charge in [0.25, 0.3) is 0 Å². The first-order chi connectivity index (χ1) is 7.19. The molecule has 1 fully saturated rings. The summed E-state index contributed by atoms with van der Waals surface area (Å²) in [6.07, 6.45) is 1.65. The van der Waals surface area contributed by atoms with E-state index < -0.39 is 10.0 Å². The number of hydrogen-bond donors (Lipinski definition) is 1. The van der Waals surface area contributed by atoms with E-state index in [-0.39, 0.29) is 16.7 Å². The van der Waals surface area contributed by atoms with Crippen LogP contribution >= 0.6 is 0 Å². The van der Waals surface area contributed by atoms with Crippen LogP contribution in [0.2, 0.25) is 0 Å². The Kier molecular flexibility index (Phi) is 4.03. The molecule has 0 bridgehead atoms. The van der Waals surface area contributed by atoms with Crippen molar-refractivity contribution < 1.29 is 8.42 Å². The lowest BCUT2D eigenvalue weighted by Crippen LogP contribution is -2.48. The Labute approximate surface area is 99.5 Å². The monoisotopic (exact) mass is 248 g/mol. The number of likely N-dealkylation sites (N-methyl/N-ethyl adjacent to an activating group) is 2. The Morgan fingerprint density at radius 3 is 2.19 bits per heavy atom. The van der Waals surface area contributed by atoms with Crippen LogP contribution in [0.25, 0.3) is 0 Å². The summed E-state index contributed by atoms with van der Waals surface area (Å²) in [7, 11) is 0.529. The van der Waals surface area contributed by atoms with Crippen LogP contribution in [0.1, 0.15) is 33.6 Å². The van der Waals surface area contributed by atoms with E-state index in [2.05, 4.69) is 26.1 Å². The molecule has 0 heterocycles. The minimum atomic E-state index is -3.04. The molecule has 16 heavy (non-hydrogen) atoms. The SMILES string of the molecule is CN[C@H](CN(C)S(=O)(=O)C1CC1)C(C)(C)C. The van der Waals surface area contributed by atoms with E-state index in [9.17, 15) is 8.42 Å². The largest absolute Gasteiger partial charge is 0.315 e. The first-order valence-corrected chi connectivity index (χ1v) is 7.32. The fourth-order valence-electron chi connectivity index (χ4n) is 1.78. The number of nitrogens with one attached hydrogen (secondary N) is 1. The first kappa shape index (κ1) is 13.9. The highest BCUT2D eigenvalue weighted by Crippen LogP contribution is 2.31. The molecule has 1 N–H and O–H groups in total. The summed E-state index contributed by atoms with van der Waals surface area (Å²) in [4.78, 5) is 0. The van der Waals surface area contributed by atoms with Gasteiger partial charge in [0.2, 0.25) is 10.0 Å². The summed E-state index contributed by atoms with van der Waals surface area (Å²) in [6, 6.07) is 0.172. The van der Waals surface area contributed by atoms with E-state index in [1.54, 1.807) is 7.05 Å². The topological polar surface area (TPSA) is 49.4 Å². The number of sulfonamides is 1. The zero-order chi connectivity index (χ0) is 12.6. The van der Waals surface area contributed by atoms with Gasteiger partial charge in [-0.2, -0.15) is 0 Å². The van der Waals surface area contributed by atoms with Crippen molar-refractivity contribution in [3.63, 3.8) is 0 Å². The summed E-state index contributed by atoms with van der Waals surface area (Å²) in [5.41, 5.74) is 0.0576. The Balaban J connectivity index is 2.65. The average molecular weight is 248 g/mol. The van der Waals surface area contributed by atoms with Gasteiger partial charge in [0.15, 0.2) is 0 Å². The second-order valence-electron chi connectivity index (χ2n) is 5.73. The summed E-state index contributed by atoms with van der Waals surface area (Å²) >= 11 is 0. The van der Waals surface area contributed by atoms with Crippen LogP contribution in [-0.2, 0) is 10.0 Å². The number of nitrogens with zero attached hydrogens (tertiary/aromatic N) is 1. The maximum atomic E-state index is 12.0. The van der Waals surface area contributed by atoms with Gasteiger partial charge >= 0.3 is 0 Å². The molecular formula is C11H24N2O2S. The Bertz CT molecular complexity index is 328. The van der Waals surface area contributed by atoms with Crippen LogP contribution in [0.5, 0.6) is 0 Å². The molecule has 4 nitrogen and oxygen atoms in total. The van der Waals surface area contributed by atoms with Crippen LogP contribution in [0, 0.1) is 5.41 Å². The highest BCUT2D eigenvalue weighted by molar-refractivity contribution is 7.90. The van der Waals surface area contributed by atoms with E-state index >= 15 is 0 Å². The lowest BCUT2D eigenvalue weighted by Gasteiger charge is -2.33. The van der Waals surface area contributed by atoms with Crippen LogP contribution in [-0.4, -0.2) is 44.7 Å². The third-order valence-corrected chi connectivity index (χ3v) is 5.55. The van der Waals surface area contributed by atoms with Crippen molar-refractivity contribution in [2.24, 2.45) is 5.41 Å². The molecule has 0 amide bonds. The molecule has 1 rings (SSSR count). The van der Waals surface area contributed by atoms with Crippen molar-refractivity contribution >= 4 is 10.0 Å². The first-order valence-electron chi connectivity index (χ1n) is 5.82. The fourth-order valence-corrected chi connectivity index (χ4v) is 3.38. The molecule has 0 aromatic carbocycles. The molecule has 0 aromatic rings. The molecule has 1 aliphatic carbocycles. The normalized spacial score (nSPS) is 20.1. The van der Waals surface area contributed by atoms with Gasteiger partial charge in [0, 0.05) is 19.6 Å². The van der Waals surface area contributed by atoms with E-state index in [0.717, 1.165) is 12.8 Å². The lowest BCUT2D eigenvalue weighted by atomic mass is 9.87. The highest BCUT2D eigenvalue weighted by atomic mass is 32.2. The molecule has 0 radical (unpaired) electrons. The number of hydrogen-bond acceptors (Lipinski definition) is 3. The Hall–Kier alpha value is -0.130. The predicted octanol–water partition coefficient (Wildman–Crippen LogP) is 1.04. The zero-order valence-corrected chi connectivity index (χ0v) is 11.8. The van der Waals surface area contributed by atoms with E-state index in [1.165, 1.54) is 4.31 Å². The molecule has 1 atom stereocenters. The van der Waals surface area contributed by atoms with Gasteiger partial charge in [0.1, 0.15) is 0 Å². The standard InChI is InChI=1S/C11H24N2O2S/c1-11(2,3)10(12-4)8-13(5)16(14,15)9-6-7-9/h9-10,12H,6-8H2,1-5H3/t10-/m1/s1. The smallest absolute Gasteiger partial charge is 0.216 e. The lowest BCUT2D eigenvalue weighted by molar-refractivity contribution is 0.246. The highest BCUT2D eigenvalue weighted by Gasteiger charge is 2.39. The van der Waals surface area contributed by atoms with E-state index in [4.69, 9.17) is 0 Å². The van der Waals surface area contributed by atoms with Crippen LogP contribution in [0.15, 0.2) is 0 Å². The molecule has 0 saturated heterocycles. The molecule has 96 valence electrons. The van der Waals surface area contributed by atoms with E-state index in [0.29, 0.717) is 6.54 Å². The maximum Gasteiger partial charge on any atom is 0.216 e. The summed E-state index contributed by atoms with van der Waals surface area (Å²) in [5, 5.41) is 3.08. The van der Waals surface area contributed by atoms with Crippen molar-refractivity contribution in [2.45, 2.75) is 44.9 Å². The molecule has 1 aliphatic rings. The molecule has 5 heteroatoms. The Morgan fingerprint density at radius 1 is 1.38 bits per heavy atom. The summed E-state index contributed by atoms with van der Waals surface area (Å²) < 4.78 is 25.4. The maximum absolute atomic E-state index is 12.0. The fraction of sp³-hybridized carbons (Fsp3) is 1.00. The van der Waals surface area contributed by atoms with Crippen LogP contribution in [0.4, 0.5) is 0 Å². The van der Waals surface area contributed by atoms with Crippen LogP contribution in [0.3, 0.4) is 0 Å². The minimum Gasteiger partial charge on any atom is -0.315 e. The van der Waals surface area contributed by atoms with Gasteiger partial charge in [0.05, 0.1) is 5.25 Å². The summed E-state index contributed by atoms with van der Waals surface area (Å²) in [6.45, 7) is 6.89. The van der Waals surface area contributed by atoms with Crippen molar-refractivity contribution in [2.75, 3.05) is 20.6 Å². The third kappa shape index (κ3) is 3.18. The summed E-state index contributed by atoms with van der Waals surface area (Å²) in [5.74, 6) is 0. The second kappa shape index (κ2) is 4.63. The van der Waals surface area contributed by atoms with Gasteiger partial charge in [-0.05, 0) is 25.3 Å². The molecule has 0 unspecified atom stereocenters. The Morgan fingerprint density at radius 2 is 1.88 bits per heavy atom. The van der Waals surface area contributed by atoms with E-state index in [1.807, 2.05) is 7.05 Å². The minimum absolute atomic E-state index is 0.0576. The molecular weight excluding hydrogens is 224 g/mol. The van der Waals surface area contributed by atoms with Gasteiger partial charge in [-0.3, -0.25) is 0 Å². The van der Waals surface area contributed by atoms with Crippen LogP contribution < -0.4 is 5.32 Å². The average Bonchev–Trinajstić information content (AvgIpc) is 2.94. The molecule has 1 saturated carbocycles. The molecule has 0 spiro atoms. The van der Waals surface area contributed by atoms with Crippen molar-refractivity contribution in [1.29, 1.82) is 0 Å². The van der Waals surface area contributed by atoms with Crippen molar-refractivity contribution in [1.82, 2.24) is 9.62 Å². The van der Waals surface area contributed by atoms with Gasteiger partial charge in [-0.1, -0.05) is 20.8 Å². The quantitative estimate of drug-likeness (QED) is 0.791. The predicted molar refractivity (Wildman–Crippen MR) is 66.9 cm³/mol. The molecule has 0 aliphatic heterocycles. The zero-order valence-electron chi connectivity index (χ0n) is 10.9. The van der Waals surface area contributed by atoms with Gasteiger partial charge in [-0.15, -0.1) is 0 Å².